The normalized spacial score (nSPS) is 12.0. The molecule has 0 saturated carbocycles. The van der Waals surface area contributed by atoms with Crippen LogP contribution in [0.2, 0.25) is 0 Å². The highest BCUT2D eigenvalue weighted by Crippen LogP contribution is 2.39. The molecule has 0 radical (unpaired) electrons. The smallest absolute Gasteiger partial charge is 0.350 e. The van der Waals surface area contributed by atoms with Crippen molar-refractivity contribution in [2.45, 2.75) is 26.9 Å². The van der Waals surface area contributed by atoms with Gasteiger partial charge < -0.3 is 14.2 Å². The molecule has 1 aromatic carbocycles. The number of ether oxygens (including phenoxy) is 3. The number of carbonyl (C=O) groups is 1. The highest BCUT2D eigenvalue weighted by Gasteiger charge is 2.19. The van der Waals surface area contributed by atoms with Gasteiger partial charge in [-0.25, -0.2) is 9.78 Å². The van der Waals surface area contributed by atoms with E-state index in [9.17, 15) is 10.1 Å². The van der Waals surface area contributed by atoms with Crippen LogP contribution >= 0.6 is 22.7 Å². The van der Waals surface area contributed by atoms with Crippen LogP contribution in [0.25, 0.3) is 20.0 Å². The van der Waals surface area contributed by atoms with Crippen molar-refractivity contribution in [3.05, 3.63) is 34.3 Å². The van der Waals surface area contributed by atoms with Crippen molar-refractivity contribution in [3.8, 4) is 21.7 Å². The number of carbonyl (C=O) groups excluding carboxylic acids is 1. The molecule has 0 aliphatic rings. The molecule has 0 N–H and O–H groups in total. The lowest BCUT2D eigenvalue weighted by molar-refractivity contribution is 0.0531. The van der Waals surface area contributed by atoms with Gasteiger partial charge in [0, 0.05) is 7.11 Å². The van der Waals surface area contributed by atoms with Crippen LogP contribution in [0.4, 0.5) is 0 Å². The molecule has 0 fully saturated rings. The number of thiophene rings is 1. The van der Waals surface area contributed by atoms with Gasteiger partial charge in [-0.2, -0.15) is 5.26 Å². The van der Waals surface area contributed by atoms with Crippen molar-refractivity contribution >= 4 is 38.7 Å². The van der Waals surface area contributed by atoms with E-state index in [0.29, 0.717) is 35.1 Å². The molecule has 0 spiro atoms. The number of aromatic nitrogens is 1. The van der Waals surface area contributed by atoms with E-state index in [2.05, 4.69) is 11.1 Å². The third-order valence-corrected chi connectivity index (χ3v) is 6.56. The Morgan fingerprint density at radius 2 is 2.11 bits per heavy atom. The van der Waals surface area contributed by atoms with E-state index in [1.54, 1.807) is 27.0 Å². The minimum atomic E-state index is -0.356. The number of fused-ring (bicyclic) bond motifs is 1. The zero-order valence-corrected chi connectivity index (χ0v) is 17.7. The fourth-order valence-electron chi connectivity index (χ4n) is 2.57. The van der Waals surface area contributed by atoms with Gasteiger partial charge in [0.1, 0.15) is 28.3 Å². The van der Waals surface area contributed by atoms with Crippen LogP contribution in [0.15, 0.2) is 18.2 Å². The average Bonchev–Trinajstić information content (AvgIpc) is 3.28. The maximum absolute atomic E-state index is 12.1. The van der Waals surface area contributed by atoms with Gasteiger partial charge in [-0.3, -0.25) is 0 Å². The predicted octanol–water partition coefficient (Wildman–Crippen LogP) is 4.80. The van der Waals surface area contributed by atoms with Crippen LogP contribution in [-0.4, -0.2) is 37.4 Å². The SMILES string of the molecule is CCOC(=O)c1sc(-c2cc3cc(OCC(C)OC)cc(C#N)c3s2)nc1C. The number of nitriles is 1. The van der Waals surface area contributed by atoms with E-state index >= 15 is 0 Å². The van der Waals surface area contributed by atoms with Gasteiger partial charge in [-0.05, 0) is 44.4 Å². The second-order valence-corrected chi connectivity index (χ2v) is 8.17. The Morgan fingerprint density at radius 1 is 1.32 bits per heavy atom. The number of benzene rings is 1. The molecule has 0 bridgehead atoms. The first-order chi connectivity index (χ1) is 13.5. The molecule has 3 rings (SSSR count). The number of rotatable bonds is 7. The maximum Gasteiger partial charge on any atom is 0.350 e. The van der Waals surface area contributed by atoms with Crippen molar-refractivity contribution in [2.24, 2.45) is 0 Å². The molecule has 6 nitrogen and oxygen atoms in total. The molecule has 0 aliphatic carbocycles. The zero-order chi connectivity index (χ0) is 20.3. The summed E-state index contributed by atoms with van der Waals surface area (Å²) < 4.78 is 16.9. The first kappa shape index (κ1) is 20.3. The lowest BCUT2D eigenvalue weighted by Crippen LogP contribution is -2.15. The lowest BCUT2D eigenvalue weighted by atomic mass is 10.1. The van der Waals surface area contributed by atoms with Gasteiger partial charge in [0.2, 0.25) is 0 Å². The highest BCUT2D eigenvalue weighted by molar-refractivity contribution is 7.26. The van der Waals surface area contributed by atoms with Crippen LogP contribution < -0.4 is 4.74 Å². The highest BCUT2D eigenvalue weighted by atomic mass is 32.1. The molecule has 1 atom stereocenters. The molecular formula is C20H20N2O4S2. The van der Waals surface area contributed by atoms with E-state index in [1.165, 1.54) is 22.7 Å². The summed E-state index contributed by atoms with van der Waals surface area (Å²) in [5, 5.41) is 11.2. The fourth-order valence-corrected chi connectivity index (χ4v) is 4.68. The van der Waals surface area contributed by atoms with E-state index in [-0.39, 0.29) is 12.1 Å². The number of aryl methyl sites for hydroxylation is 1. The molecule has 1 unspecified atom stereocenters. The van der Waals surface area contributed by atoms with Gasteiger partial charge in [0.25, 0.3) is 0 Å². The van der Waals surface area contributed by atoms with Crippen molar-refractivity contribution in [3.63, 3.8) is 0 Å². The summed E-state index contributed by atoms with van der Waals surface area (Å²) in [6, 6.07) is 7.86. The standard InChI is InChI=1S/C20H20N2O4S2/c1-5-25-20(23)17-12(3)22-19(28-17)16-8-13-6-15(26-10-11(2)24-4)7-14(9-21)18(13)27-16/h6-8,11H,5,10H2,1-4H3. The number of methoxy groups -OCH3 is 1. The van der Waals surface area contributed by atoms with Crippen LogP contribution in [0.5, 0.6) is 5.75 Å². The third-order valence-electron chi connectivity index (χ3n) is 4.07. The largest absolute Gasteiger partial charge is 0.491 e. The first-order valence-electron chi connectivity index (χ1n) is 8.75. The Labute approximate surface area is 171 Å². The quantitative estimate of drug-likeness (QED) is 0.515. The third kappa shape index (κ3) is 4.17. The van der Waals surface area contributed by atoms with Crippen LogP contribution in [0, 0.1) is 18.3 Å². The number of hydrogen-bond donors (Lipinski definition) is 0. The fraction of sp³-hybridized carbons (Fsp3) is 0.350. The molecule has 0 amide bonds. The molecule has 0 saturated heterocycles. The molecule has 146 valence electrons. The topological polar surface area (TPSA) is 81.4 Å². The Morgan fingerprint density at radius 3 is 2.79 bits per heavy atom. The number of thiazole rings is 1. The molecule has 3 aromatic rings. The second-order valence-electron chi connectivity index (χ2n) is 6.12. The Balaban J connectivity index is 1.97. The van der Waals surface area contributed by atoms with Crippen molar-refractivity contribution in [1.82, 2.24) is 4.98 Å². The van der Waals surface area contributed by atoms with Gasteiger partial charge in [-0.15, -0.1) is 22.7 Å². The van der Waals surface area contributed by atoms with Gasteiger partial charge in [0.05, 0.1) is 33.5 Å². The zero-order valence-electron chi connectivity index (χ0n) is 16.1. The van der Waals surface area contributed by atoms with E-state index in [0.717, 1.165) is 20.0 Å². The van der Waals surface area contributed by atoms with Crippen molar-refractivity contribution in [2.75, 3.05) is 20.3 Å². The molecule has 28 heavy (non-hydrogen) atoms. The van der Waals surface area contributed by atoms with Crippen molar-refractivity contribution < 1.29 is 19.0 Å². The molecule has 2 aromatic heterocycles. The van der Waals surface area contributed by atoms with Gasteiger partial charge >= 0.3 is 5.97 Å². The van der Waals surface area contributed by atoms with Gasteiger partial charge in [-0.1, -0.05) is 0 Å². The predicted molar refractivity (Wildman–Crippen MR) is 110 cm³/mol. The van der Waals surface area contributed by atoms with Crippen molar-refractivity contribution in [1.29, 1.82) is 5.26 Å². The monoisotopic (exact) mass is 416 g/mol. The summed E-state index contributed by atoms with van der Waals surface area (Å²) in [5.74, 6) is 0.269. The number of hydrogen-bond acceptors (Lipinski definition) is 8. The molecule has 8 heteroatoms. The van der Waals surface area contributed by atoms with E-state index in [4.69, 9.17) is 14.2 Å². The van der Waals surface area contributed by atoms with E-state index in [1.807, 2.05) is 19.1 Å². The summed E-state index contributed by atoms with van der Waals surface area (Å²) in [4.78, 5) is 18.0. The number of nitrogens with zero attached hydrogens (tertiary/aromatic N) is 2. The Bertz CT molecular complexity index is 1050. The summed E-state index contributed by atoms with van der Waals surface area (Å²) >= 11 is 2.78. The number of esters is 1. The summed E-state index contributed by atoms with van der Waals surface area (Å²) in [7, 11) is 1.63. The average molecular weight is 417 g/mol. The minimum absolute atomic E-state index is 0.0427. The van der Waals surface area contributed by atoms with Crippen LogP contribution in [-0.2, 0) is 9.47 Å². The second kappa shape index (κ2) is 8.69. The Kier molecular flexibility index (Phi) is 6.29. The lowest BCUT2D eigenvalue weighted by Gasteiger charge is -2.11. The maximum atomic E-state index is 12.1. The van der Waals surface area contributed by atoms with Crippen LogP contribution in [0.3, 0.4) is 0 Å². The van der Waals surface area contributed by atoms with Gasteiger partial charge in [0.15, 0.2) is 0 Å². The van der Waals surface area contributed by atoms with Crippen LogP contribution in [0.1, 0.15) is 34.8 Å². The minimum Gasteiger partial charge on any atom is -0.491 e. The molecule has 2 heterocycles. The molecule has 0 aliphatic heterocycles. The Hall–Kier alpha value is -2.47. The summed E-state index contributed by atoms with van der Waals surface area (Å²) in [6.45, 7) is 6.21. The van der Waals surface area contributed by atoms with E-state index < -0.39 is 0 Å². The molecular weight excluding hydrogens is 396 g/mol. The summed E-state index contributed by atoms with van der Waals surface area (Å²) in [6.07, 6.45) is -0.0427. The first-order valence-corrected chi connectivity index (χ1v) is 10.4. The summed E-state index contributed by atoms with van der Waals surface area (Å²) in [5.41, 5.74) is 1.20.